The number of nitrogens with zero attached hydrogens (tertiary/aromatic N) is 2. The average Bonchev–Trinajstić information content (AvgIpc) is 3.36. The topological polar surface area (TPSA) is 280 Å². The van der Waals surface area contributed by atoms with Gasteiger partial charge in [-0.05, 0) is 6.07 Å². The van der Waals surface area contributed by atoms with Gasteiger partial charge in [-0.1, -0.05) is 12.2 Å². The van der Waals surface area contributed by atoms with E-state index in [1.54, 1.807) is 0 Å². The van der Waals surface area contributed by atoms with Crippen LogP contribution in [-0.4, -0.2) is 89.4 Å². The molecule has 0 aliphatic carbocycles. The van der Waals surface area contributed by atoms with E-state index in [0.29, 0.717) is 0 Å². The van der Waals surface area contributed by atoms with Gasteiger partial charge >= 0.3 is 36.1 Å². The van der Waals surface area contributed by atoms with Gasteiger partial charge in [-0.2, -0.15) is 0 Å². The van der Waals surface area contributed by atoms with E-state index in [0.717, 1.165) is 21.4 Å². The van der Waals surface area contributed by atoms with Gasteiger partial charge in [0.05, 0.1) is 0 Å². The van der Waals surface area contributed by atoms with Crippen LogP contribution in [0.1, 0.15) is 12.5 Å². The number of ether oxygens (including phenoxy) is 2. The van der Waals surface area contributed by atoms with Crippen LogP contribution in [0.4, 0.5) is 0 Å². The minimum absolute atomic E-state index is 0.124. The molecule has 0 amide bonds. The fourth-order valence-electron chi connectivity index (χ4n) is 3.89. The molecule has 2 aliphatic rings. The number of aromatic nitrogens is 4. The molecule has 24 heteroatoms. The molecule has 42 heavy (non-hydrogen) atoms. The standard InChI is InChI=1S/C18H20N4O16P3S/c23-9-1-3-21(17(28)19-9)15-13(26)11(24)7(35-15)5-33-39(30)37-41(32)38-40(31)34-6-8-12(25)14(27)16(36-8)22-4-2-10(42)20-18(22)29/h1-4,7-8,11-16,24-27H,5-6H2/q+1/p+2/t7-,8+,11-,12+,13-,14+,15-,16+/m1/s1. The zero-order valence-electron chi connectivity index (χ0n) is 20.7. The zero-order valence-corrected chi connectivity index (χ0v) is 24.2. The van der Waals surface area contributed by atoms with E-state index in [9.17, 15) is 48.5 Å². The third kappa shape index (κ3) is 7.60. The molecule has 0 bridgehead atoms. The van der Waals surface area contributed by atoms with Crippen LogP contribution in [-0.2, 0) is 40.8 Å². The third-order valence-corrected chi connectivity index (χ3v) is 8.97. The van der Waals surface area contributed by atoms with Crippen LogP contribution in [0.2, 0.25) is 0 Å². The molecule has 20 nitrogen and oxygen atoms in total. The molecule has 4 heterocycles. The first-order valence-electron chi connectivity index (χ1n) is 11.6. The summed E-state index contributed by atoms with van der Waals surface area (Å²) in [6.45, 7) is -1.35. The summed E-state index contributed by atoms with van der Waals surface area (Å²) in [6.07, 6.45) is -9.61. The molecule has 2 aromatic rings. The molecule has 0 radical (unpaired) electrons. The maximum Gasteiger partial charge on any atom is 0.798 e. The fraction of sp³-hybridized carbons (Fsp3) is 0.556. The van der Waals surface area contributed by atoms with E-state index in [-0.39, 0.29) is 4.64 Å². The van der Waals surface area contributed by atoms with Gasteiger partial charge in [0.25, 0.3) is 5.56 Å². The van der Waals surface area contributed by atoms with Crippen molar-refractivity contribution in [1.82, 2.24) is 19.1 Å². The lowest BCUT2D eigenvalue weighted by atomic mass is 10.1. The number of hydrogen-bond acceptors (Lipinski definition) is 17. The van der Waals surface area contributed by atoms with Gasteiger partial charge in [-0.15, -0.1) is 9.05 Å². The SMILES string of the molecule is O=c1ccn([C@@H]2O[C@H](CO[P+](=O)O[P+](=O)O[P+](=O)OC[C@@H]3O[C@H](n4ccc(=S)[nH]c4=O)[C@@H](O)[C@H]3O)[C@@H](O)[C@H]2O)c(=O)[nH]1. The fourth-order valence-corrected chi connectivity index (χ4v) is 6.21. The molecule has 4 rings (SSSR count). The van der Waals surface area contributed by atoms with Crippen molar-refractivity contribution in [1.29, 1.82) is 0 Å². The molecule has 2 saturated heterocycles. The molecule has 0 saturated carbocycles. The summed E-state index contributed by atoms with van der Waals surface area (Å²) in [5.74, 6) is 0. The molecular formula is C18H22N4O16P3S+3. The van der Waals surface area contributed by atoms with Crippen LogP contribution >= 0.6 is 37.0 Å². The normalized spacial score (nSPS) is 30.3. The second kappa shape index (κ2) is 14.0. The number of aliphatic hydroxyl groups is 4. The Kier molecular flexibility index (Phi) is 10.8. The largest absolute Gasteiger partial charge is 0.798 e. The van der Waals surface area contributed by atoms with Crippen molar-refractivity contribution >= 4 is 37.0 Å². The monoisotopic (exact) mass is 675 g/mol. The van der Waals surface area contributed by atoms with E-state index in [4.69, 9.17) is 30.7 Å². The van der Waals surface area contributed by atoms with Crippen molar-refractivity contribution in [3.05, 3.63) is 60.5 Å². The van der Waals surface area contributed by atoms with E-state index in [1.807, 2.05) is 4.98 Å². The third-order valence-electron chi connectivity index (χ3n) is 5.88. The molecule has 0 spiro atoms. The Morgan fingerprint density at radius 1 is 0.738 bits per heavy atom. The molecule has 6 N–H and O–H groups in total. The number of hydrogen-bond donors (Lipinski definition) is 6. The predicted octanol–water partition coefficient (Wildman–Crippen LogP) is -1.27. The van der Waals surface area contributed by atoms with Crippen LogP contribution in [0.5, 0.6) is 0 Å². The van der Waals surface area contributed by atoms with Crippen molar-refractivity contribution in [3.63, 3.8) is 0 Å². The number of aliphatic hydroxyl groups excluding tert-OH is 4. The summed E-state index contributed by atoms with van der Waals surface area (Å²) in [5.41, 5.74) is -2.36. The van der Waals surface area contributed by atoms with Crippen LogP contribution in [0.3, 0.4) is 0 Å². The van der Waals surface area contributed by atoms with Crippen molar-refractivity contribution in [2.45, 2.75) is 49.1 Å². The van der Waals surface area contributed by atoms with Crippen molar-refractivity contribution in [2.75, 3.05) is 13.2 Å². The lowest BCUT2D eigenvalue weighted by molar-refractivity contribution is -0.0518. The Labute approximate surface area is 240 Å². The quantitative estimate of drug-likeness (QED) is 0.113. The first kappa shape index (κ1) is 32.6. The Bertz CT molecular complexity index is 1470. The summed E-state index contributed by atoms with van der Waals surface area (Å²) >= 11 is 4.82. The molecule has 11 atom stereocenters. The van der Waals surface area contributed by atoms with E-state index in [1.165, 1.54) is 12.3 Å². The highest BCUT2D eigenvalue weighted by Crippen LogP contribution is 2.47. The van der Waals surface area contributed by atoms with Crippen molar-refractivity contribution in [3.8, 4) is 0 Å². The van der Waals surface area contributed by atoms with E-state index >= 15 is 0 Å². The summed E-state index contributed by atoms with van der Waals surface area (Å²) < 4.78 is 67.0. The van der Waals surface area contributed by atoms with Crippen molar-refractivity contribution < 1.29 is 61.3 Å². The molecular weight excluding hydrogens is 653 g/mol. The maximum atomic E-state index is 12.0. The average molecular weight is 675 g/mol. The van der Waals surface area contributed by atoms with E-state index < -0.39 is 104 Å². The molecule has 228 valence electrons. The Hall–Kier alpha value is -2.32. The lowest BCUT2D eigenvalue weighted by Gasteiger charge is -2.16. The number of H-pyrrole nitrogens is 2. The Morgan fingerprint density at radius 2 is 1.19 bits per heavy atom. The molecule has 2 fully saturated rings. The second-order valence-electron chi connectivity index (χ2n) is 8.55. The van der Waals surface area contributed by atoms with Crippen molar-refractivity contribution in [2.24, 2.45) is 0 Å². The molecule has 2 aliphatic heterocycles. The highest BCUT2D eigenvalue weighted by atomic mass is 32.1. The van der Waals surface area contributed by atoms with Crippen LogP contribution < -0.4 is 16.9 Å². The van der Waals surface area contributed by atoms with Crippen LogP contribution in [0.25, 0.3) is 0 Å². The smallest absolute Gasteiger partial charge is 0.387 e. The minimum Gasteiger partial charge on any atom is -0.387 e. The summed E-state index contributed by atoms with van der Waals surface area (Å²) in [5, 5.41) is 40.8. The van der Waals surface area contributed by atoms with Crippen LogP contribution in [0, 0.1) is 4.64 Å². The number of nitrogens with one attached hydrogen (secondary N) is 2. The minimum atomic E-state index is -3.36. The van der Waals surface area contributed by atoms with Gasteiger partial charge in [0.1, 0.15) is 54.5 Å². The van der Waals surface area contributed by atoms with Gasteiger partial charge in [0.15, 0.2) is 21.1 Å². The Balaban J connectivity index is 1.21. The van der Waals surface area contributed by atoms with Crippen LogP contribution in [0.15, 0.2) is 38.9 Å². The number of rotatable bonds is 12. The van der Waals surface area contributed by atoms with Gasteiger partial charge in [-0.3, -0.25) is 23.9 Å². The first-order valence-corrected chi connectivity index (χ1v) is 15.2. The Morgan fingerprint density at radius 3 is 1.64 bits per heavy atom. The lowest BCUT2D eigenvalue weighted by Crippen LogP contribution is -2.37. The van der Waals surface area contributed by atoms with Gasteiger partial charge in [0.2, 0.25) is 0 Å². The molecule has 0 aromatic carbocycles. The molecule has 2 aromatic heterocycles. The van der Waals surface area contributed by atoms with E-state index in [2.05, 4.69) is 13.6 Å². The highest BCUT2D eigenvalue weighted by molar-refractivity contribution is 7.71. The zero-order chi connectivity index (χ0) is 30.7. The summed E-state index contributed by atoms with van der Waals surface area (Å²) in [6, 6.07) is 2.33. The maximum absolute atomic E-state index is 12.0. The van der Waals surface area contributed by atoms with Gasteiger partial charge in [0, 0.05) is 32.2 Å². The first-order chi connectivity index (χ1) is 19.8. The highest BCUT2D eigenvalue weighted by Gasteiger charge is 2.53. The number of aromatic amines is 2. The van der Waals surface area contributed by atoms with Gasteiger partial charge in [-0.25, -0.2) is 9.59 Å². The summed E-state index contributed by atoms with van der Waals surface area (Å²) in [4.78, 5) is 39.4. The second-order valence-corrected chi connectivity index (χ2v) is 12.2. The van der Waals surface area contributed by atoms with Gasteiger partial charge < -0.3 is 29.9 Å². The predicted molar refractivity (Wildman–Crippen MR) is 136 cm³/mol. The summed E-state index contributed by atoms with van der Waals surface area (Å²) in [7, 11) is -9.79. The molecule has 3 unspecified atom stereocenters.